The molecule has 0 radical (unpaired) electrons. The van der Waals surface area contributed by atoms with Crippen molar-refractivity contribution in [2.75, 3.05) is 31.7 Å². The molecule has 2 aliphatic rings. The van der Waals surface area contributed by atoms with Crippen molar-refractivity contribution < 1.29 is 23.8 Å². The van der Waals surface area contributed by atoms with Gasteiger partial charge in [0.1, 0.15) is 5.82 Å². The predicted octanol–water partition coefficient (Wildman–Crippen LogP) is 3.00. The molecule has 1 saturated heterocycles. The lowest BCUT2D eigenvalue weighted by atomic mass is 9.91. The summed E-state index contributed by atoms with van der Waals surface area (Å²) in [5, 5.41) is 16.2. The van der Waals surface area contributed by atoms with Crippen LogP contribution in [0.1, 0.15) is 34.2 Å². The van der Waals surface area contributed by atoms with E-state index in [1.807, 2.05) is 0 Å². The number of hydrogen-bond acceptors (Lipinski definition) is 7. The molecule has 10 heteroatoms. The maximum atomic E-state index is 14.0. The number of aromatic nitrogens is 3. The molecule has 1 aromatic carbocycles. The maximum Gasteiger partial charge on any atom is 0.255 e. The maximum absolute atomic E-state index is 14.0. The van der Waals surface area contributed by atoms with Gasteiger partial charge in [-0.3, -0.25) is 4.79 Å². The van der Waals surface area contributed by atoms with E-state index < -0.39 is 11.6 Å². The Bertz CT molecular complexity index is 1190. The number of nitrogens with one attached hydrogen (secondary N) is 3. The fourth-order valence-corrected chi connectivity index (χ4v) is 4.32. The van der Waals surface area contributed by atoms with Gasteiger partial charge in [-0.15, -0.1) is 0 Å². The van der Waals surface area contributed by atoms with Gasteiger partial charge in [0.2, 0.25) is 0 Å². The zero-order valence-electron chi connectivity index (χ0n) is 18.0. The lowest BCUT2D eigenvalue weighted by Crippen LogP contribution is -2.38. The third-order valence-corrected chi connectivity index (χ3v) is 5.88. The number of fused-ring (bicyclic) bond motifs is 1. The Labute approximate surface area is 189 Å². The van der Waals surface area contributed by atoms with Gasteiger partial charge >= 0.3 is 0 Å². The first-order valence-corrected chi connectivity index (χ1v) is 10.8. The summed E-state index contributed by atoms with van der Waals surface area (Å²) in [6.45, 7) is 3.83. The number of anilines is 2. The molecular weight excluding hydrogens is 429 g/mol. The van der Waals surface area contributed by atoms with E-state index in [9.17, 15) is 14.3 Å². The van der Waals surface area contributed by atoms with Crippen molar-refractivity contribution in [3.63, 3.8) is 0 Å². The monoisotopic (exact) mass is 453 g/mol. The summed E-state index contributed by atoms with van der Waals surface area (Å²) >= 11 is 0. The van der Waals surface area contributed by atoms with Gasteiger partial charge in [0.15, 0.2) is 11.6 Å². The number of rotatable bonds is 5. The van der Waals surface area contributed by atoms with Gasteiger partial charge in [-0.05, 0) is 31.5 Å². The van der Waals surface area contributed by atoms with Gasteiger partial charge in [0.05, 0.1) is 54.3 Å². The molecule has 0 spiro atoms. The Morgan fingerprint density at radius 2 is 2.18 bits per heavy atom. The van der Waals surface area contributed by atoms with Crippen LogP contribution in [0.4, 0.5) is 15.8 Å². The molecule has 4 heterocycles. The number of carbonyl (C=O) groups is 1. The molecule has 9 nitrogen and oxygen atoms in total. The molecule has 2 aliphatic heterocycles. The number of aromatic amines is 1. The number of para-hydroxylation sites is 1. The molecule has 33 heavy (non-hydrogen) atoms. The Balaban J connectivity index is 1.61. The van der Waals surface area contributed by atoms with E-state index >= 15 is 0 Å². The number of amides is 1. The zero-order chi connectivity index (χ0) is 22.9. The highest BCUT2D eigenvalue weighted by Gasteiger charge is 2.35. The Hall–Kier alpha value is -3.50. The smallest absolute Gasteiger partial charge is 0.255 e. The van der Waals surface area contributed by atoms with E-state index in [2.05, 4.69) is 25.6 Å². The van der Waals surface area contributed by atoms with Gasteiger partial charge in [-0.25, -0.2) is 14.4 Å². The second kappa shape index (κ2) is 8.80. The first kappa shape index (κ1) is 21.4. The second-order valence-electron chi connectivity index (χ2n) is 8.12. The van der Waals surface area contributed by atoms with Gasteiger partial charge in [-0.2, -0.15) is 0 Å². The number of ether oxygens (including phenoxy) is 2. The van der Waals surface area contributed by atoms with Crippen molar-refractivity contribution in [1.29, 1.82) is 0 Å². The zero-order valence-corrected chi connectivity index (χ0v) is 18.0. The number of benzene rings is 1. The van der Waals surface area contributed by atoms with Crippen LogP contribution in [-0.2, 0) is 9.47 Å². The summed E-state index contributed by atoms with van der Waals surface area (Å²) in [6, 6.07) is 5.91. The van der Waals surface area contributed by atoms with Crippen molar-refractivity contribution >= 4 is 17.3 Å². The van der Waals surface area contributed by atoms with E-state index in [4.69, 9.17) is 9.47 Å². The summed E-state index contributed by atoms with van der Waals surface area (Å²) in [6.07, 6.45) is 2.20. The van der Waals surface area contributed by atoms with E-state index in [-0.39, 0.29) is 23.6 Å². The van der Waals surface area contributed by atoms with Crippen LogP contribution < -0.4 is 10.6 Å². The van der Waals surface area contributed by atoms with Crippen molar-refractivity contribution in [3.8, 4) is 17.1 Å². The molecule has 0 saturated carbocycles. The standard InChI is InChI=1S/C23H24FN5O4/c1-12-25-6-5-16(27-12)20-21(28-17-4-2-3-15(24)22(17)30)18-19(29-20)13(10-26-23(18)31)9-14-11-32-7-8-33-14/h2-6,13-14,28-30H,7-11H2,1H3,(H,26,31)/t13-,14-/m1/s1. The topological polar surface area (TPSA) is 121 Å². The molecule has 172 valence electrons. The van der Waals surface area contributed by atoms with Gasteiger partial charge in [0, 0.05) is 24.4 Å². The van der Waals surface area contributed by atoms with Crippen LogP contribution in [0.25, 0.3) is 11.4 Å². The van der Waals surface area contributed by atoms with Crippen LogP contribution in [0, 0.1) is 12.7 Å². The summed E-state index contributed by atoms with van der Waals surface area (Å²) < 4.78 is 25.4. The number of hydrogen-bond donors (Lipinski definition) is 4. The van der Waals surface area contributed by atoms with Crippen molar-refractivity contribution in [1.82, 2.24) is 20.3 Å². The lowest BCUT2D eigenvalue weighted by molar-refractivity contribution is -0.0928. The minimum atomic E-state index is -0.763. The highest BCUT2D eigenvalue weighted by atomic mass is 19.1. The van der Waals surface area contributed by atoms with Crippen molar-refractivity contribution in [3.05, 3.63) is 53.4 Å². The summed E-state index contributed by atoms with van der Waals surface area (Å²) in [7, 11) is 0. The van der Waals surface area contributed by atoms with Crippen LogP contribution in [0.15, 0.2) is 30.5 Å². The van der Waals surface area contributed by atoms with Gasteiger partial charge in [-0.1, -0.05) is 6.07 Å². The van der Waals surface area contributed by atoms with Crippen LogP contribution >= 0.6 is 0 Å². The SMILES string of the molecule is Cc1nccc(-c2[nH]c3c(c2Nc2cccc(F)c2O)C(=O)NC[C@H]3C[C@@H]2COCCO2)n1. The Morgan fingerprint density at radius 3 is 2.97 bits per heavy atom. The first-order valence-electron chi connectivity index (χ1n) is 10.8. The minimum Gasteiger partial charge on any atom is -0.503 e. The number of aryl methyl sites for hydroxylation is 1. The number of nitrogens with zero attached hydrogens (tertiary/aromatic N) is 2. The quantitative estimate of drug-likeness (QED) is 0.438. The number of phenols is 1. The highest BCUT2D eigenvalue weighted by Crippen LogP contribution is 2.41. The third kappa shape index (κ3) is 4.14. The molecule has 0 bridgehead atoms. The number of phenolic OH excluding ortho intramolecular Hbond substituents is 1. The Kier molecular flexibility index (Phi) is 5.69. The molecular formula is C23H24FN5O4. The Morgan fingerprint density at radius 1 is 1.30 bits per heavy atom. The van der Waals surface area contributed by atoms with Crippen LogP contribution in [0.5, 0.6) is 5.75 Å². The fourth-order valence-electron chi connectivity index (χ4n) is 4.32. The van der Waals surface area contributed by atoms with Crippen molar-refractivity contribution in [2.24, 2.45) is 0 Å². The third-order valence-electron chi connectivity index (χ3n) is 5.88. The number of H-pyrrole nitrogens is 1. The van der Waals surface area contributed by atoms with Gasteiger partial charge < -0.3 is 30.2 Å². The molecule has 1 fully saturated rings. The van der Waals surface area contributed by atoms with Crippen LogP contribution in [0.3, 0.4) is 0 Å². The molecule has 3 aromatic rings. The van der Waals surface area contributed by atoms with E-state index in [0.29, 0.717) is 61.2 Å². The van der Waals surface area contributed by atoms with Crippen LogP contribution in [0.2, 0.25) is 0 Å². The fraction of sp³-hybridized carbons (Fsp3) is 0.348. The number of aromatic hydroxyl groups is 1. The average Bonchev–Trinajstić information content (AvgIpc) is 3.20. The average molecular weight is 453 g/mol. The largest absolute Gasteiger partial charge is 0.503 e. The normalized spacial score (nSPS) is 20.2. The molecule has 1 amide bonds. The van der Waals surface area contributed by atoms with E-state index in [0.717, 1.165) is 11.8 Å². The lowest BCUT2D eigenvalue weighted by Gasteiger charge is -2.29. The minimum absolute atomic E-state index is 0.0530. The molecule has 2 aromatic heterocycles. The van der Waals surface area contributed by atoms with Gasteiger partial charge in [0.25, 0.3) is 5.91 Å². The first-order chi connectivity index (χ1) is 16.0. The van der Waals surface area contributed by atoms with E-state index in [1.165, 1.54) is 12.1 Å². The number of carbonyl (C=O) groups excluding carboxylic acids is 1. The van der Waals surface area contributed by atoms with Crippen molar-refractivity contribution in [2.45, 2.75) is 25.4 Å². The molecule has 5 rings (SSSR count). The second-order valence-corrected chi connectivity index (χ2v) is 8.12. The molecule has 0 aliphatic carbocycles. The number of halogens is 1. The predicted molar refractivity (Wildman–Crippen MR) is 118 cm³/mol. The van der Waals surface area contributed by atoms with E-state index in [1.54, 1.807) is 19.2 Å². The molecule has 0 unspecified atom stereocenters. The molecule has 4 N–H and O–H groups in total. The highest BCUT2D eigenvalue weighted by molar-refractivity contribution is 6.06. The van der Waals surface area contributed by atoms with Crippen LogP contribution in [-0.4, -0.2) is 58.4 Å². The summed E-state index contributed by atoms with van der Waals surface area (Å²) in [4.78, 5) is 25.0. The summed E-state index contributed by atoms with van der Waals surface area (Å²) in [5.74, 6) is -1.05. The molecule has 2 atom stereocenters. The summed E-state index contributed by atoms with van der Waals surface area (Å²) in [5.41, 5.74) is 2.81.